The predicted octanol–water partition coefficient (Wildman–Crippen LogP) is 4.32. The lowest BCUT2D eigenvalue weighted by Crippen LogP contribution is -2.36. The summed E-state index contributed by atoms with van der Waals surface area (Å²) in [4.78, 5) is 12.0. The molecular formula is C21H27NO2. The normalized spacial score (nSPS) is 27.0. The summed E-state index contributed by atoms with van der Waals surface area (Å²) >= 11 is 0. The number of hydrogen-bond donors (Lipinski definition) is 1. The van der Waals surface area contributed by atoms with Crippen LogP contribution in [0.3, 0.4) is 0 Å². The third-order valence-corrected chi connectivity index (χ3v) is 6.57. The summed E-state index contributed by atoms with van der Waals surface area (Å²) in [5.41, 5.74) is 3.77. The van der Waals surface area contributed by atoms with E-state index in [9.17, 15) is 4.79 Å². The van der Waals surface area contributed by atoms with Gasteiger partial charge in [-0.1, -0.05) is 18.6 Å². The molecule has 2 fully saturated rings. The number of hydrogen-bond acceptors (Lipinski definition) is 3. The molecule has 1 aromatic carbocycles. The second kappa shape index (κ2) is 6.03. The smallest absolute Gasteiger partial charge is 0.336 e. The van der Waals surface area contributed by atoms with Crippen molar-refractivity contribution >= 4 is 11.0 Å². The van der Waals surface area contributed by atoms with E-state index in [4.69, 9.17) is 4.42 Å². The Hall–Kier alpha value is -1.61. The fourth-order valence-electron chi connectivity index (χ4n) is 5.00. The number of rotatable bonds is 4. The molecule has 2 saturated carbocycles. The zero-order chi connectivity index (χ0) is 16.8. The number of benzene rings is 1. The highest BCUT2D eigenvalue weighted by Gasteiger charge is 2.41. The van der Waals surface area contributed by atoms with Crippen LogP contribution in [0.1, 0.15) is 49.3 Å². The van der Waals surface area contributed by atoms with E-state index < -0.39 is 0 Å². The zero-order valence-corrected chi connectivity index (χ0v) is 14.9. The Labute approximate surface area is 143 Å². The van der Waals surface area contributed by atoms with E-state index in [1.165, 1.54) is 25.7 Å². The van der Waals surface area contributed by atoms with Crippen LogP contribution >= 0.6 is 0 Å². The van der Waals surface area contributed by atoms with Gasteiger partial charge in [0.15, 0.2) is 0 Å². The summed E-state index contributed by atoms with van der Waals surface area (Å²) in [6.45, 7) is 7.13. The minimum absolute atomic E-state index is 0.249. The third kappa shape index (κ3) is 2.69. The van der Waals surface area contributed by atoms with Crippen molar-refractivity contribution in [1.82, 2.24) is 5.32 Å². The Morgan fingerprint density at radius 3 is 2.79 bits per heavy atom. The first-order chi connectivity index (χ1) is 11.5. The van der Waals surface area contributed by atoms with Gasteiger partial charge in [0.05, 0.1) is 0 Å². The number of fused-ring (bicyclic) bond motifs is 3. The topological polar surface area (TPSA) is 42.2 Å². The van der Waals surface area contributed by atoms with Crippen LogP contribution in [0.2, 0.25) is 0 Å². The molecule has 2 bridgehead atoms. The molecule has 0 unspecified atom stereocenters. The van der Waals surface area contributed by atoms with Crippen molar-refractivity contribution < 1.29 is 4.42 Å². The molecule has 0 spiro atoms. The fraction of sp³-hybridized carbons (Fsp3) is 0.571. The molecular weight excluding hydrogens is 298 g/mol. The molecule has 4 rings (SSSR count). The molecule has 0 radical (unpaired) electrons. The maximum Gasteiger partial charge on any atom is 0.336 e. The van der Waals surface area contributed by atoms with Crippen LogP contribution in [-0.4, -0.2) is 6.04 Å². The first-order valence-electron chi connectivity index (χ1n) is 9.29. The summed E-state index contributed by atoms with van der Waals surface area (Å²) in [6, 6.07) is 6.35. The summed E-state index contributed by atoms with van der Waals surface area (Å²) in [5, 5.41) is 4.76. The van der Waals surface area contributed by atoms with E-state index in [2.05, 4.69) is 31.3 Å². The highest BCUT2D eigenvalue weighted by atomic mass is 16.4. The fourth-order valence-corrected chi connectivity index (χ4v) is 5.00. The van der Waals surface area contributed by atoms with E-state index in [0.717, 1.165) is 52.0 Å². The lowest BCUT2D eigenvalue weighted by Gasteiger charge is -2.28. The summed E-state index contributed by atoms with van der Waals surface area (Å²) < 4.78 is 5.48. The van der Waals surface area contributed by atoms with E-state index in [0.29, 0.717) is 6.04 Å². The molecule has 1 heterocycles. The Morgan fingerprint density at radius 1 is 1.25 bits per heavy atom. The van der Waals surface area contributed by atoms with Gasteiger partial charge in [-0.05, 0) is 74.5 Å². The minimum Gasteiger partial charge on any atom is -0.422 e. The highest BCUT2D eigenvalue weighted by Crippen LogP contribution is 2.49. The Balaban J connectivity index is 1.56. The van der Waals surface area contributed by atoms with Crippen molar-refractivity contribution in [3.8, 4) is 0 Å². The van der Waals surface area contributed by atoms with Gasteiger partial charge in [-0.15, -0.1) is 0 Å². The van der Waals surface area contributed by atoms with E-state index in [1.807, 2.05) is 6.92 Å². The highest BCUT2D eigenvalue weighted by molar-refractivity contribution is 5.83. The van der Waals surface area contributed by atoms with E-state index in [1.54, 1.807) is 6.07 Å². The first kappa shape index (κ1) is 15.9. The first-order valence-corrected chi connectivity index (χ1v) is 9.29. The second-order valence-corrected chi connectivity index (χ2v) is 7.98. The lowest BCUT2D eigenvalue weighted by molar-refractivity contribution is 0.259. The Kier molecular flexibility index (Phi) is 4.00. The largest absolute Gasteiger partial charge is 0.422 e. The van der Waals surface area contributed by atoms with Crippen LogP contribution in [0, 0.1) is 31.6 Å². The van der Waals surface area contributed by atoms with Crippen molar-refractivity contribution in [1.29, 1.82) is 0 Å². The Morgan fingerprint density at radius 2 is 2.08 bits per heavy atom. The van der Waals surface area contributed by atoms with Crippen LogP contribution in [0.15, 0.2) is 27.4 Å². The predicted molar refractivity (Wildman–Crippen MR) is 97.2 cm³/mol. The molecule has 0 saturated heterocycles. The average Bonchev–Trinajstić information content (AvgIpc) is 3.19. The molecule has 2 aliphatic carbocycles. The van der Waals surface area contributed by atoms with Crippen LogP contribution in [0.25, 0.3) is 11.0 Å². The second-order valence-electron chi connectivity index (χ2n) is 7.98. The molecule has 4 atom stereocenters. The average molecular weight is 325 g/mol. The summed E-state index contributed by atoms with van der Waals surface area (Å²) in [5.74, 6) is 2.69. The van der Waals surface area contributed by atoms with Gasteiger partial charge in [-0.2, -0.15) is 0 Å². The van der Waals surface area contributed by atoms with Crippen LogP contribution in [0.5, 0.6) is 0 Å². The van der Waals surface area contributed by atoms with Crippen molar-refractivity contribution in [2.45, 2.75) is 59.0 Å². The zero-order valence-electron chi connectivity index (χ0n) is 14.9. The monoisotopic (exact) mass is 325 g/mol. The summed E-state index contributed by atoms with van der Waals surface area (Å²) in [6.07, 6.45) is 5.68. The van der Waals surface area contributed by atoms with E-state index >= 15 is 0 Å². The van der Waals surface area contributed by atoms with Gasteiger partial charge in [0.1, 0.15) is 5.58 Å². The Bertz CT molecular complexity index is 822. The molecule has 0 amide bonds. The number of aryl methyl sites for hydroxylation is 2. The standard InChI is InChI=1S/C21H27NO2/c1-12-4-7-18-17(10-20(23)24-21(18)13(12)2)11-22-14(3)19-9-15-5-6-16(19)8-15/h4,7,10,14-16,19,22H,5-6,8-9,11H2,1-3H3/t14-,15+,16+,19+/m1/s1. The van der Waals surface area contributed by atoms with Crippen molar-refractivity contribution in [2.24, 2.45) is 17.8 Å². The van der Waals surface area contributed by atoms with Gasteiger partial charge in [-0.3, -0.25) is 0 Å². The molecule has 0 aliphatic heterocycles. The van der Waals surface area contributed by atoms with Gasteiger partial charge in [0, 0.05) is 24.0 Å². The minimum atomic E-state index is -0.249. The van der Waals surface area contributed by atoms with Crippen molar-refractivity contribution in [3.63, 3.8) is 0 Å². The SMILES string of the molecule is Cc1ccc2c(CN[C@H](C)[C@@H]3C[C@H]4CC[C@H]3C4)cc(=O)oc2c1C. The maximum atomic E-state index is 12.0. The van der Waals surface area contributed by atoms with Crippen molar-refractivity contribution in [3.05, 3.63) is 45.3 Å². The van der Waals surface area contributed by atoms with Gasteiger partial charge in [-0.25, -0.2) is 4.79 Å². The molecule has 128 valence electrons. The molecule has 1 N–H and O–H groups in total. The maximum absolute atomic E-state index is 12.0. The quantitative estimate of drug-likeness (QED) is 0.851. The third-order valence-electron chi connectivity index (χ3n) is 6.57. The molecule has 2 aliphatic rings. The van der Waals surface area contributed by atoms with Gasteiger partial charge < -0.3 is 9.73 Å². The van der Waals surface area contributed by atoms with Crippen LogP contribution in [-0.2, 0) is 6.54 Å². The lowest BCUT2D eigenvalue weighted by atomic mass is 9.84. The molecule has 3 heteroatoms. The van der Waals surface area contributed by atoms with Gasteiger partial charge >= 0.3 is 5.63 Å². The van der Waals surface area contributed by atoms with Gasteiger partial charge in [0.25, 0.3) is 0 Å². The van der Waals surface area contributed by atoms with Gasteiger partial charge in [0.2, 0.25) is 0 Å². The summed E-state index contributed by atoms with van der Waals surface area (Å²) in [7, 11) is 0. The number of nitrogens with one attached hydrogen (secondary N) is 1. The molecule has 1 aromatic heterocycles. The molecule has 24 heavy (non-hydrogen) atoms. The molecule has 2 aromatic rings. The van der Waals surface area contributed by atoms with E-state index in [-0.39, 0.29) is 5.63 Å². The van der Waals surface area contributed by atoms with Crippen LogP contribution in [0.4, 0.5) is 0 Å². The van der Waals surface area contributed by atoms with Crippen molar-refractivity contribution in [2.75, 3.05) is 0 Å². The van der Waals surface area contributed by atoms with Crippen LogP contribution < -0.4 is 10.9 Å². The molecule has 3 nitrogen and oxygen atoms in total.